The lowest BCUT2D eigenvalue weighted by atomic mass is 9.99. The van der Waals surface area contributed by atoms with Gasteiger partial charge in [0.05, 0.1) is 6.61 Å². The highest BCUT2D eigenvalue weighted by Gasteiger charge is 2.13. The first-order valence-electron chi connectivity index (χ1n) is 5.95. The SMILES string of the molecule is Fc1cc(Br)ccc1-c1ccc2c(c1)OCCC2. The Morgan fingerprint density at radius 1 is 1.11 bits per heavy atom. The molecule has 0 aliphatic carbocycles. The number of halogens is 2. The third-order valence-corrected chi connectivity index (χ3v) is 3.65. The van der Waals surface area contributed by atoms with Gasteiger partial charge in [-0.2, -0.15) is 0 Å². The van der Waals surface area contributed by atoms with Gasteiger partial charge in [0.15, 0.2) is 0 Å². The summed E-state index contributed by atoms with van der Waals surface area (Å²) in [7, 11) is 0. The molecule has 1 heterocycles. The monoisotopic (exact) mass is 306 g/mol. The predicted octanol–water partition coefficient (Wildman–Crippen LogP) is 4.58. The number of fused-ring (bicyclic) bond motifs is 1. The number of ether oxygens (including phenoxy) is 1. The summed E-state index contributed by atoms with van der Waals surface area (Å²) >= 11 is 3.26. The van der Waals surface area contributed by atoms with Gasteiger partial charge in [-0.3, -0.25) is 0 Å². The molecule has 0 radical (unpaired) electrons. The van der Waals surface area contributed by atoms with Crippen LogP contribution in [-0.4, -0.2) is 6.61 Å². The average molecular weight is 307 g/mol. The Balaban J connectivity index is 2.06. The van der Waals surface area contributed by atoms with Crippen LogP contribution in [0.25, 0.3) is 11.1 Å². The maximum absolute atomic E-state index is 13.9. The highest BCUT2D eigenvalue weighted by molar-refractivity contribution is 9.10. The molecule has 0 bridgehead atoms. The molecule has 2 aromatic carbocycles. The standard InChI is InChI=1S/C15H12BrFO/c16-12-5-6-13(14(17)9-12)11-4-3-10-2-1-7-18-15(10)8-11/h3-6,8-9H,1-2,7H2. The lowest BCUT2D eigenvalue weighted by Crippen LogP contribution is -2.08. The van der Waals surface area contributed by atoms with Gasteiger partial charge in [0.2, 0.25) is 0 Å². The van der Waals surface area contributed by atoms with Gasteiger partial charge in [-0.05, 0) is 42.2 Å². The summed E-state index contributed by atoms with van der Waals surface area (Å²) in [6.45, 7) is 0.749. The van der Waals surface area contributed by atoms with E-state index in [1.165, 1.54) is 11.6 Å². The van der Waals surface area contributed by atoms with Crippen molar-refractivity contribution >= 4 is 15.9 Å². The minimum atomic E-state index is -0.222. The lowest BCUT2D eigenvalue weighted by Gasteiger charge is -2.18. The Hall–Kier alpha value is -1.35. The molecule has 0 saturated carbocycles. The summed E-state index contributed by atoms with van der Waals surface area (Å²) in [4.78, 5) is 0. The van der Waals surface area contributed by atoms with E-state index in [1.807, 2.05) is 24.3 Å². The molecule has 0 N–H and O–H groups in total. The topological polar surface area (TPSA) is 9.23 Å². The zero-order valence-corrected chi connectivity index (χ0v) is 11.3. The Labute approximate surface area is 114 Å². The van der Waals surface area contributed by atoms with Gasteiger partial charge >= 0.3 is 0 Å². The molecule has 0 saturated heterocycles. The number of hydrogen-bond acceptors (Lipinski definition) is 1. The molecule has 2 aromatic rings. The van der Waals surface area contributed by atoms with Crippen molar-refractivity contribution in [2.24, 2.45) is 0 Å². The first kappa shape index (κ1) is 11.7. The van der Waals surface area contributed by atoms with Gasteiger partial charge < -0.3 is 4.74 Å². The smallest absolute Gasteiger partial charge is 0.132 e. The van der Waals surface area contributed by atoms with E-state index in [0.717, 1.165) is 35.2 Å². The van der Waals surface area contributed by atoms with Gasteiger partial charge in [0.25, 0.3) is 0 Å². The molecule has 92 valence electrons. The fourth-order valence-corrected chi connectivity index (χ4v) is 2.56. The minimum Gasteiger partial charge on any atom is -0.493 e. The normalized spacial score (nSPS) is 13.9. The molecule has 3 heteroatoms. The Morgan fingerprint density at radius 3 is 2.83 bits per heavy atom. The molecule has 18 heavy (non-hydrogen) atoms. The first-order chi connectivity index (χ1) is 8.74. The van der Waals surface area contributed by atoms with Gasteiger partial charge in [0.1, 0.15) is 11.6 Å². The maximum atomic E-state index is 13.9. The zero-order chi connectivity index (χ0) is 12.5. The van der Waals surface area contributed by atoms with Gasteiger partial charge in [-0.25, -0.2) is 4.39 Å². The second-order valence-electron chi connectivity index (χ2n) is 4.40. The third kappa shape index (κ3) is 2.15. The summed E-state index contributed by atoms with van der Waals surface area (Å²) in [6, 6.07) is 11.0. The van der Waals surface area contributed by atoms with Crippen molar-refractivity contribution in [1.29, 1.82) is 0 Å². The van der Waals surface area contributed by atoms with Crippen molar-refractivity contribution in [1.82, 2.24) is 0 Å². The second kappa shape index (κ2) is 4.73. The van der Waals surface area contributed by atoms with Crippen LogP contribution in [-0.2, 0) is 6.42 Å². The second-order valence-corrected chi connectivity index (χ2v) is 5.31. The van der Waals surface area contributed by atoms with Gasteiger partial charge in [-0.15, -0.1) is 0 Å². The van der Waals surface area contributed by atoms with E-state index in [4.69, 9.17) is 4.74 Å². The van der Waals surface area contributed by atoms with Crippen LogP contribution >= 0.6 is 15.9 Å². The molecule has 0 spiro atoms. The van der Waals surface area contributed by atoms with Crippen molar-refractivity contribution in [3.8, 4) is 16.9 Å². The van der Waals surface area contributed by atoms with Gasteiger partial charge in [-0.1, -0.05) is 34.1 Å². The van der Waals surface area contributed by atoms with E-state index < -0.39 is 0 Å². The predicted molar refractivity (Wildman–Crippen MR) is 73.4 cm³/mol. The molecule has 0 aromatic heterocycles. The fourth-order valence-electron chi connectivity index (χ4n) is 2.23. The van der Waals surface area contributed by atoms with E-state index in [1.54, 1.807) is 6.07 Å². The number of hydrogen-bond donors (Lipinski definition) is 0. The molecule has 0 atom stereocenters. The molecule has 1 aliphatic rings. The van der Waals surface area contributed by atoms with Gasteiger partial charge in [0, 0.05) is 10.0 Å². The van der Waals surface area contributed by atoms with Crippen LogP contribution in [0, 0.1) is 5.82 Å². The quantitative estimate of drug-likeness (QED) is 0.749. The highest BCUT2D eigenvalue weighted by Crippen LogP contribution is 2.32. The third-order valence-electron chi connectivity index (χ3n) is 3.16. The molecule has 0 amide bonds. The summed E-state index contributed by atoms with van der Waals surface area (Å²) < 4.78 is 20.3. The molecular weight excluding hydrogens is 295 g/mol. The fraction of sp³-hybridized carbons (Fsp3) is 0.200. The number of aryl methyl sites for hydroxylation is 1. The van der Waals surface area contributed by atoms with Crippen LogP contribution in [0.15, 0.2) is 40.9 Å². The number of rotatable bonds is 1. The Kier molecular flexibility index (Phi) is 3.08. The van der Waals surface area contributed by atoms with Crippen LogP contribution in [0.5, 0.6) is 5.75 Å². The molecule has 0 fully saturated rings. The minimum absolute atomic E-state index is 0.222. The van der Waals surface area contributed by atoms with Crippen molar-refractivity contribution in [2.45, 2.75) is 12.8 Å². The zero-order valence-electron chi connectivity index (χ0n) is 9.75. The average Bonchev–Trinajstić information content (AvgIpc) is 2.38. The summed E-state index contributed by atoms with van der Waals surface area (Å²) in [5, 5.41) is 0. The molecule has 1 aliphatic heterocycles. The summed E-state index contributed by atoms with van der Waals surface area (Å²) in [5.74, 6) is 0.668. The maximum Gasteiger partial charge on any atom is 0.132 e. The van der Waals surface area contributed by atoms with Crippen LogP contribution in [0.4, 0.5) is 4.39 Å². The summed E-state index contributed by atoms with van der Waals surface area (Å²) in [5.41, 5.74) is 2.68. The van der Waals surface area contributed by atoms with Crippen molar-refractivity contribution < 1.29 is 9.13 Å². The Bertz CT molecular complexity index is 595. The van der Waals surface area contributed by atoms with E-state index in [-0.39, 0.29) is 5.82 Å². The largest absolute Gasteiger partial charge is 0.493 e. The van der Waals surface area contributed by atoms with Crippen LogP contribution < -0.4 is 4.74 Å². The van der Waals surface area contributed by atoms with Crippen LogP contribution in [0.2, 0.25) is 0 Å². The highest BCUT2D eigenvalue weighted by atomic mass is 79.9. The molecule has 3 rings (SSSR count). The van der Waals surface area contributed by atoms with E-state index in [0.29, 0.717) is 5.56 Å². The summed E-state index contributed by atoms with van der Waals surface area (Å²) in [6.07, 6.45) is 2.09. The first-order valence-corrected chi connectivity index (χ1v) is 6.74. The van der Waals surface area contributed by atoms with E-state index in [9.17, 15) is 4.39 Å². The van der Waals surface area contributed by atoms with Crippen molar-refractivity contribution in [2.75, 3.05) is 6.61 Å². The van der Waals surface area contributed by atoms with Crippen LogP contribution in [0.3, 0.4) is 0 Å². The van der Waals surface area contributed by atoms with Crippen molar-refractivity contribution in [3.05, 3.63) is 52.3 Å². The Morgan fingerprint density at radius 2 is 2.00 bits per heavy atom. The van der Waals surface area contributed by atoms with Crippen LogP contribution in [0.1, 0.15) is 12.0 Å². The number of benzene rings is 2. The van der Waals surface area contributed by atoms with Crippen molar-refractivity contribution in [3.63, 3.8) is 0 Å². The molecule has 0 unspecified atom stereocenters. The molecule has 1 nitrogen and oxygen atoms in total. The molecular formula is C15H12BrFO. The van der Waals surface area contributed by atoms with E-state index in [2.05, 4.69) is 15.9 Å². The van der Waals surface area contributed by atoms with E-state index >= 15 is 0 Å². The lowest BCUT2D eigenvalue weighted by molar-refractivity contribution is 0.288.